The highest BCUT2D eigenvalue weighted by Crippen LogP contribution is 2.28. The lowest BCUT2D eigenvalue weighted by Crippen LogP contribution is -2.39. The van der Waals surface area contributed by atoms with Crippen molar-refractivity contribution in [3.05, 3.63) is 131 Å². The highest BCUT2D eigenvalue weighted by Gasteiger charge is 2.35. The molecule has 0 spiro atoms. The number of aliphatic imine (C=N–C) groups is 1. The van der Waals surface area contributed by atoms with Crippen LogP contribution in [0.1, 0.15) is 42.0 Å². The highest BCUT2D eigenvalue weighted by atomic mass is 16.5. The van der Waals surface area contributed by atoms with Gasteiger partial charge in [0.2, 0.25) is 5.91 Å². The number of amides is 1. The second kappa shape index (κ2) is 13.5. The predicted molar refractivity (Wildman–Crippen MR) is 170 cm³/mol. The summed E-state index contributed by atoms with van der Waals surface area (Å²) in [7, 11) is 1.59. The first-order valence-corrected chi connectivity index (χ1v) is 14.6. The maximum atomic E-state index is 13.7. The number of likely N-dealkylation sites (tertiary alicyclic amines) is 1. The average molecular weight is 576 g/mol. The maximum Gasteiger partial charge on any atom is 0.331 e. The van der Waals surface area contributed by atoms with Crippen LogP contribution in [0.15, 0.2) is 114 Å². The second-order valence-electron chi connectivity index (χ2n) is 11.1. The number of benzene rings is 4. The maximum absolute atomic E-state index is 13.7. The Morgan fingerprint density at radius 1 is 0.907 bits per heavy atom. The summed E-state index contributed by atoms with van der Waals surface area (Å²) in [6.45, 7) is 3.19. The summed E-state index contributed by atoms with van der Waals surface area (Å²) in [5, 5.41) is 13.6. The molecule has 0 saturated carbocycles. The molecule has 0 bridgehead atoms. The van der Waals surface area contributed by atoms with Crippen LogP contribution in [0.5, 0.6) is 5.75 Å². The average Bonchev–Trinajstić information content (AvgIpc) is 3.50. The van der Waals surface area contributed by atoms with Crippen molar-refractivity contribution in [2.75, 3.05) is 19.0 Å². The third-order valence-electron chi connectivity index (χ3n) is 7.91. The number of nitrogens with zero attached hydrogens (tertiary/aromatic N) is 2. The number of methoxy groups -OCH3 is 1. The molecule has 4 aromatic carbocycles. The molecule has 5 rings (SSSR count). The van der Waals surface area contributed by atoms with E-state index in [1.165, 1.54) is 5.56 Å². The molecule has 1 saturated heterocycles. The number of carbonyl (C=O) groups is 2. The van der Waals surface area contributed by atoms with Crippen molar-refractivity contribution in [1.82, 2.24) is 4.90 Å². The van der Waals surface area contributed by atoms with Crippen LogP contribution in [-0.2, 0) is 22.6 Å². The van der Waals surface area contributed by atoms with Crippen LogP contribution in [0.25, 0.3) is 0 Å². The van der Waals surface area contributed by atoms with Gasteiger partial charge in [-0.1, -0.05) is 91.0 Å². The molecule has 1 unspecified atom stereocenters. The smallest absolute Gasteiger partial charge is 0.331 e. The van der Waals surface area contributed by atoms with Gasteiger partial charge in [-0.25, -0.2) is 4.79 Å². The van der Waals surface area contributed by atoms with Crippen molar-refractivity contribution in [2.45, 2.75) is 44.3 Å². The van der Waals surface area contributed by atoms with E-state index in [1.54, 1.807) is 14.0 Å². The van der Waals surface area contributed by atoms with E-state index < -0.39 is 11.5 Å². The van der Waals surface area contributed by atoms with Gasteiger partial charge in [-0.2, -0.15) is 0 Å². The molecule has 1 amide bonds. The summed E-state index contributed by atoms with van der Waals surface area (Å²) >= 11 is 0. The molecule has 2 N–H and O–H groups in total. The molecular formula is C36H37N3O4. The molecule has 1 fully saturated rings. The standard InChI is InChI=1S/C36H37N3O4/c1-36(35(41)42,24-26-19-21-29(43-2)22-20-26)38-33(28-14-7-4-8-15-28)30-16-9-10-17-31(30)37-34(40)32-18-11-23-39(32)25-27-12-5-3-6-13-27/h3-10,12-17,19-22,32H,11,18,23-25H2,1-2H3,(H,37,40)(H,41,42)/t32?,36-/m0/s1. The zero-order valence-electron chi connectivity index (χ0n) is 24.6. The van der Waals surface area contributed by atoms with Crippen molar-refractivity contribution in [3.63, 3.8) is 0 Å². The summed E-state index contributed by atoms with van der Waals surface area (Å²) in [5.74, 6) is -0.420. The van der Waals surface area contributed by atoms with Gasteiger partial charge >= 0.3 is 5.97 Å². The summed E-state index contributed by atoms with van der Waals surface area (Å²) < 4.78 is 5.26. The molecule has 1 aliphatic heterocycles. The van der Waals surface area contributed by atoms with Gasteiger partial charge < -0.3 is 15.2 Å². The van der Waals surface area contributed by atoms with Crippen LogP contribution < -0.4 is 10.1 Å². The van der Waals surface area contributed by atoms with Crippen molar-refractivity contribution < 1.29 is 19.4 Å². The van der Waals surface area contributed by atoms with Crippen LogP contribution >= 0.6 is 0 Å². The van der Waals surface area contributed by atoms with Gasteiger partial charge in [0.25, 0.3) is 0 Å². The quantitative estimate of drug-likeness (QED) is 0.207. The molecule has 1 aliphatic rings. The van der Waals surface area contributed by atoms with E-state index in [1.807, 2.05) is 97.1 Å². The van der Waals surface area contributed by atoms with Crippen LogP contribution in [0.4, 0.5) is 5.69 Å². The predicted octanol–water partition coefficient (Wildman–Crippen LogP) is 6.22. The number of rotatable bonds is 11. The van der Waals surface area contributed by atoms with E-state index >= 15 is 0 Å². The second-order valence-corrected chi connectivity index (χ2v) is 11.1. The summed E-state index contributed by atoms with van der Waals surface area (Å²) in [5.41, 5.74) is 3.04. The Balaban J connectivity index is 1.48. The highest BCUT2D eigenvalue weighted by molar-refractivity contribution is 6.18. The molecule has 1 heterocycles. The zero-order chi connectivity index (χ0) is 30.2. The summed E-state index contributed by atoms with van der Waals surface area (Å²) in [4.78, 5) is 33.6. The number of ether oxygens (including phenoxy) is 1. The van der Waals surface area contributed by atoms with Gasteiger partial charge in [0.1, 0.15) is 5.75 Å². The number of hydrogen-bond donors (Lipinski definition) is 2. The fourth-order valence-corrected chi connectivity index (χ4v) is 5.57. The minimum absolute atomic E-state index is 0.0764. The van der Waals surface area contributed by atoms with E-state index in [0.29, 0.717) is 29.3 Å². The Morgan fingerprint density at radius 2 is 1.56 bits per heavy atom. The summed E-state index contributed by atoms with van der Waals surface area (Å²) in [6.07, 6.45) is 1.90. The van der Waals surface area contributed by atoms with Crippen molar-refractivity contribution >= 4 is 23.3 Å². The van der Waals surface area contributed by atoms with Gasteiger partial charge in [-0.3, -0.25) is 14.7 Å². The fourth-order valence-electron chi connectivity index (χ4n) is 5.57. The van der Waals surface area contributed by atoms with Crippen LogP contribution in [0, 0.1) is 0 Å². The minimum atomic E-state index is -1.48. The SMILES string of the molecule is COc1ccc(C[C@](C)(N=C(c2ccccc2)c2ccccc2NC(=O)C2CCCN2Cc2ccccc2)C(=O)O)cc1. The number of aliphatic carboxylic acids is 1. The Labute approximate surface area is 252 Å². The Morgan fingerprint density at radius 3 is 2.23 bits per heavy atom. The van der Waals surface area contributed by atoms with Gasteiger partial charge in [-0.15, -0.1) is 0 Å². The molecule has 0 aromatic heterocycles. The molecule has 0 aliphatic carbocycles. The molecule has 220 valence electrons. The van der Waals surface area contributed by atoms with Crippen LogP contribution in [0.2, 0.25) is 0 Å². The third kappa shape index (κ3) is 7.19. The van der Waals surface area contributed by atoms with E-state index in [9.17, 15) is 14.7 Å². The van der Waals surface area contributed by atoms with E-state index in [4.69, 9.17) is 9.73 Å². The molecule has 7 heteroatoms. The van der Waals surface area contributed by atoms with Crippen molar-refractivity contribution in [2.24, 2.45) is 4.99 Å². The third-order valence-corrected chi connectivity index (χ3v) is 7.91. The minimum Gasteiger partial charge on any atom is -0.497 e. The van der Waals surface area contributed by atoms with E-state index in [2.05, 4.69) is 22.3 Å². The van der Waals surface area contributed by atoms with Gasteiger partial charge in [0, 0.05) is 24.1 Å². The van der Waals surface area contributed by atoms with Gasteiger partial charge in [0.05, 0.1) is 24.6 Å². The van der Waals surface area contributed by atoms with Crippen molar-refractivity contribution in [1.29, 1.82) is 0 Å². The van der Waals surface area contributed by atoms with E-state index in [-0.39, 0.29) is 18.4 Å². The monoisotopic (exact) mass is 575 g/mol. The first-order valence-electron chi connectivity index (χ1n) is 14.6. The Hall–Kier alpha value is -4.75. The molecule has 7 nitrogen and oxygen atoms in total. The topological polar surface area (TPSA) is 91.2 Å². The molecular weight excluding hydrogens is 538 g/mol. The first kappa shape index (κ1) is 29.7. The number of hydrogen-bond acceptors (Lipinski definition) is 5. The van der Waals surface area contributed by atoms with Crippen LogP contribution in [0.3, 0.4) is 0 Å². The normalized spacial score (nSPS) is 16.8. The lowest BCUT2D eigenvalue weighted by Gasteiger charge is -2.25. The van der Waals surface area contributed by atoms with Crippen molar-refractivity contribution in [3.8, 4) is 5.75 Å². The lowest BCUT2D eigenvalue weighted by atomic mass is 9.91. The Bertz CT molecular complexity index is 1570. The molecule has 4 aromatic rings. The van der Waals surface area contributed by atoms with Gasteiger partial charge in [0.15, 0.2) is 5.54 Å². The fraction of sp³-hybridized carbons (Fsp3) is 0.250. The van der Waals surface area contributed by atoms with Crippen LogP contribution in [-0.4, -0.2) is 52.8 Å². The molecule has 2 atom stereocenters. The van der Waals surface area contributed by atoms with E-state index in [0.717, 1.165) is 30.5 Å². The van der Waals surface area contributed by atoms with Gasteiger partial charge in [-0.05, 0) is 55.6 Å². The number of anilines is 1. The lowest BCUT2D eigenvalue weighted by molar-refractivity contribution is -0.142. The number of carbonyl (C=O) groups excluding carboxylic acids is 1. The molecule has 0 radical (unpaired) electrons. The number of carboxylic acid groups (broad SMARTS) is 1. The first-order chi connectivity index (χ1) is 20.9. The number of nitrogens with one attached hydrogen (secondary N) is 1. The summed E-state index contributed by atoms with van der Waals surface area (Å²) in [6, 6.07) is 34.3. The zero-order valence-corrected chi connectivity index (χ0v) is 24.6. The molecule has 43 heavy (non-hydrogen) atoms. The number of para-hydroxylation sites is 1. The number of carboxylic acids is 1. The largest absolute Gasteiger partial charge is 0.497 e. The Kier molecular flexibility index (Phi) is 9.32.